The van der Waals surface area contributed by atoms with E-state index in [2.05, 4.69) is 27.7 Å². The van der Waals surface area contributed by atoms with Crippen LogP contribution in [0.4, 0.5) is 0 Å². The van der Waals surface area contributed by atoms with E-state index < -0.39 is 11.9 Å². The van der Waals surface area contributed by atoms with Crippen LogP contribution in [0, 0.1) is 0 Å². The zero-order valence-corrected chi connectivity index (χ0v) is 14.1. The van der Waals surface area contributed by atoms with Crippen LogP contribution in [0.25, 0.3) is 0 Å². The molecule has 24 heavy (non-hydrogen) atoms. The van der Waals surface area contributed by atoms with E-state index in [0.717, 1.165) is 38.5 Å². The van der Waals surface area contributed by atoms with Crippen molar-refractivity contribution < 1.29 is 14.3 Å². The fraction of sp³-hybridized carbons (Fsp3) is 0.529. The highest BCUT2D eigenvalue weighted by Gasteiger charge is 2.24. The molecule has 1 atom stereocenters. The SMILES string of the molecule is COc1ccc(CN2CCNCC2)cc1.NC(=O)[C@@H]1CCC(=O)N1. The van der Waals surface area contributed by atoms with Gasteiger partial charge in [0.1, 0.15) is 11.8 Å². The molecule has 1 aromatic rings. The van der Waals surface area contributed by atoms with Crippen LogP contribution in [0.5, 0.6) is 5.75 Å². The molecule has 2 aliphatic rings. The van der Waals surface area contributed by atoms with Gasteiger partial charge in [0.2, 0.25) is 11.8 Å². The van der Waals surface area contributed by atoms with Gasteiger partial charge in [-0.15, -0.1) is 0 Å². The minimum Gasteiger partial charge on any atom is -0.497 e. The number of carbonyl (C=O) groups excluding carboxylic acids is 2. The van der Waals surface area contributed by atoms with Crippen molar-refractivity contribution >= 4 is 11.8 Å². The number of nitrogens with two attached hydrogens (primary N) is 1. The van der Waals surface area contributed by atoms with Crippen molar-refractivity contribution in [3.05, 3.63) is 29.8 Å². The number of ether oxygens (including phenoxy) is 1. The summed E-state index contributed by atoms with van der Waals surface area (Å²) in [5.74, 6) is 0.402. The molecule has 0 spiro atoms. The first-order valence-electron chi connectivity index (χ1n) is 8.23. The van der Waals surface area contributed by atoms with Gasteiger partial charge in [-0.05, 0) is 24.1 Å². The Hall–Kier alpha value is -2.12. The van der Waals surface area contributed by atoms with Crippen LogP contribution < -0.4 is 21.1 Å². The summed E-state index contributed by atoms with van der Waals surface area (Å²) in [6.07, 6.45) is 0.974. The Bertz CT molecular complexity index is 541. The lowest BCUT2D eigenvalue weighted by molar-refractivity contribution is -0.123. The predicted molar refractivity (Wildman–Crippen MR) is 91.5 cm³/mol. The van der Waals surface area contributed by atoms with Crippen LogP contribution in [-0.2, 0) is 16.1 Å². The predicted octanol–water partition coefficient (Wildman–Crippen LogP) is -0.149. The number of methoxy groups -OCH3 is 1. The summed E-state index contributed by atoms with van der Waals surface area (Å²) in [4.78, 5) is 23.3. The number of hydrogen-bond donors (Lipinski definition) is 3. The molecule has 0 radical (unpaired) electrons. The van der Waals surface area contributed by atoms with Gasteiger partial charge in [-0.1, -0.05) is 12.1 Å². The van der Waals surface area contributed by atoms with Gasteiger partial charge in [0.25, 0.3) is 0 Å². The number of benzene rings is 1. The zero-order valence-electron chi connectivity index (χ0n) is 14.1. The molecule has 2 saturated heterocycles. The third-order valence-electron chi connectivity index (χ3n) is 4.11. The first-order valence-corrected chi connectivity index (χ1v) is 8.23. The van der Waals surface area contributed by atoms with Crippen molar-refractivity contribution in [3.8, 4) is 5.75 Å². The average Bonchev–Trinajstić information content (AvgIpc) is 3.04. The van der Waals surface area contributed by atoms with E-state index in [4.69, 9.17) is 10.5 Å². The second-order valence-electron chi connectivity index (χ2n) is 5.94. The van der Waals surface area contributed by atoms with Crippen LogP contribution in [0.2, 0.25) is 0 Å². The van der Waals surface area contributed by atoms with Crippen molar-refractivity contribution in [2.24, 2.45) is 5.73 Å². The van der Waals surface area contributed by atoms with E-state index in [1.54, 1.807) is 7.11 Å². The molecule has 2 aliphatic heterocycles. The van der Waals surface area contributed by atoms with Gasteiger partial charge in [-0.3, -0.25) is 14.5 Å². The van der Waals surface area contributed by atoms with Gasteiger partial charge in [0, 0.05) is 39.1 Å². The molecule has 0 aliphatic carbocycles. The van der Waals surface area contributed by atoms with E-state index in [9.17, 15) is 9.59 Å². The summed E-state index contributed by atoms with van der Waals surface area (Å²) in [6, 6.07) is 7.91. The Morgan fingerprint density at radius 3 is 2.42 bits per heavy atom. The molecule has 2 fully saturated rings. The highest BCUT2D eigenvalue weighted by molar-refractivity contribution is 5.89. The molecule has 2 heterocycles. The minimum atomic E-state index is -0.444. The van der Waals surface area contributed by atoms with E-state index >= 15 is 0 Å². The molecular formula is C17H26N4O3. The Morgan fingerprint density at radius 1 is 1.29 bits per heavy atom. The van der Waals surface area contributed by atoms with E-state index in [0.29, 0.717) is 12.8 Å². The third kappa shape index (κ3) is 5.82. The van der Waals surface area contributed by atoms with E-state index in [1.165, 1.54) is 5.56 Å². The standard InChI is InChI=1S/C12H18N2O.C5H8N2O2/c1-15-12-4-2-11(3-5-12)10-14-8-6-13-7-9-14;6-5(9)3-1-2-4(8)7-3/h2-5,13H,6-10H2,1H3;3H,1-2H2,(H2,6,9)(H,7,8)/t;3-/m.0/s1. The molecule has 0 aromatic heterocycles. The van der Waals surface area contributed by atoms with Crippen molar-refractivity contribution in [2.75, 3.05) is 33.3 Å². The molecule has 4 N–H and O–H groups in total. The maximum atomic E-state index is 10.4. The quantitative estimate of drug-likeness (QED) is 0.712. The molecule has 0 saturated carbocycles. The normalized spacial score (nSPS) is 20.7. The number of nitrogens with one attached hydrogen (secondary N) is 2. The van der Waals surface area contributed by atoms with Gasteiger partial charge in [-0.2, -0.15) is 0 Å². The molecule has 0 unspecified atom stereocenters. The smallest absolute Gasteiger partial charge is 0.240 e. The maximum Gasteiger partial charge on any atom is 0.240 e. The van der Waals surface area contributed by atoms with E-state index in [-0.39, 0.29) is 5.91 Å². The van der Waals surface area contributed by atoms with Gasteiger partial charge < -0.3 is 21.1 Å². The summed E-state index contributed by atoms with van der Waals surface area (Å²) in [5, 5.41) is 5.80. The molecule has 1 aromatic carbocycles. The fourth-order valence-electron chi connectivity index (χ4n) is 2.69. The first-order chi connectivity index (χ1) is 11.6. The Kier molecular flexibility index (Phi) is 7.02. The molecule has 2 amide bonds. The van der Waals surface area contributed by atoms with Crippen LogP contribution in [0.1, 0.15) is 18.4 Å². The van der Waals surface area contributed by atoms with Crippen LogP contribution in [-0.4, -0.2) is 56.0 Å². The third-order valence-corrected chi connectivity index (χ3v) is 4.11. The minimum absolute atomic E-state index is 0.0844. The Morgan fingerprint density at radius 2 is 1.96 bits per heavy atom. The highest BCUT2D eigenvalue weighted by atomic mass is 16.5. The lowest BCUT2D eigenvalue weighted by Crippen LogP contribution is -2.42. The monoisotopic (exact) mass is 334 g/mol. The summed E-state index contributed by atoms with van der Waals surface area (Å²) >= 11 is 0. The number of primary amides is 1. The Balaban J connectivity index is 0.000000198. The summed E-state index contributed by atoms with van der Waals surface area (Å²) in [5.41, 5.74) is 6.27. The van der Waals surface area contributed by atoms with Gasteiger partial charge >= 0.3 is 0 Å². The Labute approximate surface area is 142 Å². The van der Waals surface area contributed by atoms with Crippen molar-refractivity contribution in [2.45, 2.75) is 25.4 Å². The largest absolute Gasteiger partial charge is 0.497 e. The fourth-order valence-corrected chi connectivity index (χ4v) is 2.69. The van der Waals surface area contributed by atoms with Crippen LogP contribution >= 0.6 is 0 Å². The molecule has 3 rings (SSSR count). The summed E-state index contributed by atoms with van der Waals surface area (Å²) in [6.45, 7) is 5.55. The van der Waals surface area contributed by atoms with Crippen LogP contribution in [0.3, 0.4) is 0 Å². The maximum absolute atomic E-state index is 10.4. The van der Waals surface area contributed by atoms with Crippen molar-refractivity contribution in [3.63, 3.8) is 0 Å². The van der Waals surface area contributed by atoms with Crippen LogP contribution in [0.15, 0.2) is 24.3 Å². The van der Waals surface area contributed by atoms with Crippen molar-refractivity contribution in [1.82, 2.24) is 15.5 Å². The molecule has 132 valence electrons. The molecule has 7 heteroatoms. The number of rotatable bonds is 4. The lowest BCUT2D eigenvalue weighted by atomic mass is 10.2. The lowest BCUT2D eigenvalue weighted by Gasteiger charge is -2.27. The highest BCUT2D eigenvalue weighted by Crippen LogP contribution is 2.13. The number of amides is 2. The topological polar surface area (TPSA) is 96.7 Å². The van der Waals surface area contributed by atoms with Gasteiger partial charge in [0.05, 0.1) is 7.11 Å². The number of carbonyl (C=O) groups is 2. The van der Waals surface area contributed by atoms with Gasteiger partial charge in [0.15, 0.2) is 0 Å². The average molecular weight is 334 g/mol. The number of nitrogens with zero attached hydrogens (tertiary/aromatic N) is 1. The summed E-state index contributed by atoms with van der Waals surface area (Å²) < 4.78 is 5.14. The number of piperazine rings is 1. The first kappa shape index (κ1) is 18.2. The van der Waals surface area contributed by atoms with Gasteiger partial charge in [-0.25, -0.2) is 0 Å². The van der Waals surface area contributed by atoms with E-state index in [1.807, 2.05) is 12.1 Å². The summed E-state index contributed by atoms with van der Waals surface area (Å²) in [7, 11) is 1.70. The second kappa shape index (κ2) is 9.24. The molecule has 7 nitrogen and oxygen atoms in total. The van der Waals surface area contributed by atoms with Crippen molar-refractivity contribution in [1.29, 1.82) is 0 Å². The second-order valence-corrected chi connectivity index (χ2v) is 5.94. The molecule has 0 bridgehead atoms. The zero-order chi connectivity index (χ0) is 17.4. The molecular weight excluding hydrogens is 308 g/mol. The number of hydrogen-bond acceptors (Lipinski definition) is 5.